The third-order valence-corrected chi connectivity index (χ3v) is 6.24. The van der Waals surface area contributed by atoms with Gasteiger partial charge in [-0.2, -0.15) is 0 Å². The highest BCUT2D eigenvalue weighted by Crippen LogP contribution is 2.24. The first-order chi connectivity index (χ1) is 15.6. The molecule has 0 saturated carbocycles. The lowest BCUT2D eigenvalue weighted by Crippen LogP contribution is -2.44. The van der Waals surface area contributed by atoms with Crippen LogP contribution in [0, 0.1) is 0 Å². The van der Waals surface area contributed by atoms with E-state index in [9.17, 15) is 9.59 Å². The van der Waals surface area contributed by atoms with Gasteiger partial charge in [-0.05, 0) is 49.6 Å². The summed E-state index contributed by atoms with van der Waals surface area (Å²) in [6, 6.07) is 14.8. The number of anilines is 2. The molecular formula is C24H28N4O3S. The summed E-state index contributed by atoms with van der Waals surface area (Å²) in [4.78, 5) is 32.1. The van der Waals surface area contributed by atoms with Crippen LogP contribution in [0.3, 0.4) is 0 Å². The van der Waals surface area contributed by atoms with Crippen molar-refractivity contribution < 1.29 is 14.0 Å². The van der Waals surface area contributed by atoms with Crippen LogP contribution in [0.15, 0.2) is 58.2 Å². The Morgan fingerprint density at radius 1 is 1.16 bits per heavy atom. The van der Waals surface area contributed by atoms with Crippen LogP contribution >= 0.6 is 11.8 Å². The number of carbonyl (C=O) groups excluding carboxylic acids is 2. The van der Waals surface area contributed by atoms with E-state index in [-0.39, 0.29) is 17.6 Å². The number of amides is 2. The number of rotatable bonds is 9. The van der Waals surface area contributed by atoms with Gasteiger partial charge < -0.3 is 20.0 Å². The normalized spacial score (nSPS) is 14.5. The molecule has 8 heteroatoms. The molecule has 2 heterocycles. The van der Waals surface area contributed by atoms with E-state index in [1.54, 1.807) is 0 Å². The molecule has 2 aromatic carbocycles. The second kappa shape index (κ2) is 10.5. The molecule has 0 spiro atoms. The Kier molecular flexibility index (Phi) is 7.32. The van der Waals surface area contributed by atoms with Gasteiger partial charge in [-0.1, -0.05) is 43.3 Å². The molecule has 2 amide bonds. The van der Waals surface area contributed by atoms with Crippen molar-refractivity contribution in [2.75, 3.05) is 29.1 Å². The van der Waals surface area contributed by atoms with Gasteiger partial charge in [0, 0.05) is 24.5 Å². The van der Waals surface area contributed by atoms with Crippen molar-refractivity contribution >= 4 is 46.1 Å². The lowest BCUT2D eigenvalue weighted by molar-refractivity contribution is -0.125. The predicted molar refractivity (Wildman–Crippen MR) is 128 cm³/mol. The maximum Gasteiger partial charge on any atom is 0.257 e. The van der Waals surface area contributed by atoms with Crippen molar-refractivity contribution in [1.29, 1.82) is 0 Å². The quantitative estimate of drug-likeness (QED) is 0.467. The molecule has 1 aliphatic rings. The number of hydrogen-bond acceptors (Lipinski definition) is 6. The lowest BCUT2D eigenvalue weighted by atomic mass is 10.1. The summed E-state index contributed by atoms with van der Waals surface area (Å²) in [5, 5.41) is 6.27. The van der Waals surface area contributed by atoms with Crippen LogP contribution in [0.4, 0.5) is 11.4 Å². The van der Waals surface area contributed by atoms with Gasteiger partial charge >= 0.3 is 0 Å². The lowest BCUT2D eigenvalue weighted by Gasteiger charge is -2.20. The van der Waals surface area contributed by atoms with Crippen LogP contribution in [0.5, 0.6) is 0 Å². The fourth-order valence-corrected chi connectivity index (χ4v) is 4.47. The smallest absolute Gasteiger partial charge is 0.257 e. The summed E-state index contributed by atoms with van der Waals surface area (Å²) in [6.45, 7) is 4.08. The zero-order chi connectivity index (χ0) is 22.3. The van der Waals surface area contributed by atoms with Crippen molar-refractivity contribution in [2.24, 2.45) is 0 Å². The van der Waals surface area contributed by atoms with Crippen LogP contribution in [-0.4, -0.2) is 41.7 Å². The number of fused-ring (bicyclic) bond motifs is 1. The zero-order valence-corrected chi connectivity index (χ0v) is 19.0. The van der Waals surface area contributed by atoms with Gasteiger partial charge in [0.25, 0.3) is 5.22 Å². The fourth-order valence-electron chi connectivity index (χ4n) is 3.82. The minimum atomic E-state index is -0.591. The molecule has 3 aromatic rings. The minimum Gasteiger partial charge on any atom is -0.431 e. The third-order valence-electron chi connectivity index (χ3n) is 5.41. The first-order valence-corrected chi connectivity index (χ1v) is 12.0. The molecule has 168 valence electrons. The van der Waals surface area contributed by atoms with Crippen molar-refractivity contribution in [1.82, 2.24) is 10.3 Å². The van der Waals surface area contributed by atoms with E-state index >= 15 is 0 Å². The topological polar surface area (TPSA) is 87.5 Å². The largest absolute Gasteiger partial charge is 0.431 e. The highest BCUT2D eigenvalue weighted by Gasteiger charge is 2.21. The molecule has 7 nitrogen and oxygen atoms in total. The van der Waals surface area contributed by atoms with Gasteiger partial charge in [0.15, 0.2) is 5.58 Å². The SMILES string of the molecule is CCCC(NC(=O)CSc1nc2ccccc2o1)C(=O)Nc1cccc(N2CCCC2)c1. The van der Waals surface area contributed by atoms with Gasteiger partial charge in [0.2, 0.25) is 11.8 Å². The average molecular weight is 453 g/mol. The monoisotopic (exact) mass is 452 g/mol. The summed E-state index contributed by atoms with van der Waals surface area (Å²) in [7, 11) is 0. The number of benzene rings is 2. The van der Waals surface area contributed by atoms with Crippen molar-refractivity contribution in [3.8, 4) is 0 Å². The number of hydrogen-bond donors (Lipinski definition) is 2. The molecule has 0 radical (unpaired) electrons. The Hall–Kier alpha value is -3.00. The molecule has 1 atom stereocenters. The molecule has 1 unspecified atom stereocenters. The van der Waals surface area contributed by atoms with Crippen LogP contribution in [0.25, 0.3) is 11.1 Å². The number of oxazole rings is 1. The van der Waals surface area contributed by atoms with Crippen LogP contribution in [-0.2, 0) is 9.59 Å². The van der Waals surface area contributed by atoms with E-state index in [0.29, 0.717) is 17.2 Å². The van der Waals surface area contributed by atoms with E-state index in [1.165, 1.54) is 24.6 Å². The molecule has 0 bridgehead atoms. The van der Waals surface area contributed by atoms with Gasteiger partial charge in [-0.25, -0.2) is 4.98 Å². The first-order valence-electron chi connectivity index (χ1n) is 11.1. The number of thioether (sulfide) groups is 1. The highest BCUT2D eigenvalue weighted by atomic mass is 32.2. The Balaban J connectivity index is 1.33. The summed E-state index contributed by atoms with van der Waals surface area (Å²) < 4.78 is 5.64. The average Bonchev–Trinajstić information content (AvgIpc) is 3.47. The van der Waals surface area contributed by atoms with Gasteiger partial charge in [0.05, 0.1) is 5.75 Å². The van der Waals surface area contributed by atoms with Crippen LogP contribution in [0.2, 0.25) is 0 Å². The molecule has 1 aliphatic heterocycles. The van der Waals surface area contributed by atoms with Gasteiger partial charge in [-0.3, -0.25) is 9.59 Å². The Morgan fingerprint density at radius 3 is 2.75 bits per heavy atom. The molecular weight excluding hydrogens is 424 g/mol. The zero-order valence-electron chi connectivity index (χ0n) is 18.2. The number of para-hydroxylation sites is 2. The van der Waals surface area contributed by atoms with E-state index in [0.717, 1.165) is 36.4 Å². The summed E-state index contributed by atoms with van der Waals surface area (Å²) >= 11 is 1.22. The predicted octanol–water partition coefficient (Wildman–Crippen LogP) is 4.44. The number of nitrogens with one attached hydrogen (secondary N) is 2. The number of aromatic nitrogens is 1. The fraction of sp³-hybridized carbons (Fsp3) is 0.375. The maximum absolute atomic E-state index is 12.9. The van der Waals surface area contributed by atoms with Crippen LogP contribution < -0.4 is 15.5 Å². The number of carbonyl (C=O) groups is 2. The Bertz CT molecular complexity index is 1040. The van der Waals surface area contributed by atoms with E-state index < -0.39 is 6.04 Å². The summed E-state index contributed by atoms with van der Waals surface area (Å²) in [6.07, 6.45) is 3.74. The minimum absolute atomic E-state index is 0.130. The second-order valence-corrected chi connectivity index (χ2v) is 8.81. The maximum atomic E-state index is 12.9. The van der Waals surface area contributed by atoms with E-state index in [1.807, 2.05) is 49.4 Å². The molecule has 32 heavy (non-hydrogen) atoms. The molecule has 1 saturated heterocycles. The molecule has 4 rings (SSSR count). The van der Waals surface area contributed by atoms with Gasteiger partial charge in [-0.15, -0.1) is 0 Å². The summed E-state index contributed by atoms with van der Waals surface area (Å²) in [5.41, 5.74) is 3.31. The van der Waals surface area contributed by atoms with E-state index in [2.05, 4.69) is 26.6 Å². The Labute approximate surface area is 191 Å². The van der Waals surface area contributed by atoms with Crippen LogP contribution in [0.1, 0.15) is 32.6 Å². The summed E-state index contributed by atoms with van der Waals surface area (Å²) in [5.74, 6) is -0.299. The van der Waals surface area contributed by atoms with E-state index in [4.69, 9.17) is 4.42 Å². The molecule has 1 fully saturated rings. The third kappa shape index (κ3) is 5.62. The Morgan fingerprint density at radius 2 is 1.97 bits per heavy atom. The standard InChI is InChI=1S/C24H28N4O3S/c1-2-8-20(23(30)25-17-9-7-10-18(15-17)28-13-5-6-14-28)26-22(29)16-32-24-27-19-11-3-4-12-21(19)31-24/h3-4,7,9-12,15,20H,2,5-6,8,13-14,16H2,1H3,(H,25,30)(H,26,29). The van der Waals surface area contributed by atoms with Crippen molar-refractivity contribution in [3.05, 3.63) is 48.5 Å². The number of nitrogens with zero attached hydrogens (tertiary/aromatic N) is 2. The molecule has 2 N–H and O–H groups in total. The first kappa shape index (κ1) is 22.2. The van der Waals surface area contributed by atoms with Crippen molar-refractivity contribution in [3.63, 3.8) is 0 Å². The van der Waals surface area contributed by atoms with Gasteiger partial charge in [0.1, 0.15) is 11.6 Å². The molecule has 0 aliphatic carbocycles. The van der Waals surface area contributed by atoms with Crippen molar-refractivity contribution in [2.45, 2.75) is 43.9 Å². The molecule has 1 aromatic heterocycles. The second-order valence-electron chi connectivity index (χ2n) is 7.88. The highest BCUT2D eigenvalue weighted by molar-refractivity contribution is 7.99.